The van der Waals surface area contributed by atoms with Gasteiger partial charge in [-0.3, -0.25) is 4.21 Å². The van der Waals surface area contributed by atoms with Crippen LogP contribution in [0.2, 0.25) is 5.02 Å². The number of anilines is 3. The van der Waals surface area contributed by atoms with Crippen molar-refractivity contribution in [3.8, 4) is 23.7 Å². The zero-order valence-corrected chi connectivity index (χ0v) is 22.2. The van der Waals surface area contributed by atoms with Crippen molar-refractivity contribution in [1.29, 1.82) is 5.26 Å². The van der Waals surface area contributed by atoms with E-state index in [0.717, 1.165) is 0 Å². The molecule has 4 rings (SSSR count). The molecule has 0 saturated carbocycles. The van der Waals surface area contributed by atoms with E-state index in [0.29, 0.717) is 51.5 Å². The van der Waals surface area contributed by atoms with Crippen molar-refractivity contribution in [1.82, 2.24) is 19.9 Å². The number of ether oxygens (including phenoxy) is 1. The first-order valence-electron chi connectivity index (χ1n) is 11.5. The lowest BCUT2D eigenvalue weighted by Gasteiger charge is -2.11. The molecule has 0 bridgehead atoms. The number of benzene rings is 2. The van der Waals surface area contributed by atoms with E-state index < -0.39 is 10.8 Å². The first-order chi connectivity index (χ1) is 18.9. The number of hydrogen-bond acceptors (Lipinski definition) is 9. The molecule has 0 radical (unpaired) electrons. The van der Waals surface area contributed by atoms with Gasteiger partial charge in [0.2, 0.25) is 5.82 Å². The van der Waals surface area contributed by atoms with Crippen LogP contribution >= 0.6 is 11.6 Å². The molecule has 0 fully saturated rings. The van der Waals surface area contributed by atoms with E-state index in [1.165, 1.54) is 24.7 Å². The minimum Gasteiger partial charge on any atom is -0.487 e. The second-order valence-electron chi connectivity index (χ2n) is 8.00. The molecule has 0 aliphatic heterocycles. The van der Waals surface area contributed by atoms with Gasteiger partial charge < -0.3 is 15.4 Å². The topological polar surface area (TPSA) is 126 Å². The number of rotatable bonds is 9. The van der Waals surface area contributed by atoms with Crippen molar-refractivity contribution in [2.24, 2.45) is 0 Å². The van der Waals surface area contributed by atoms with Gasteiger partial charge in [-0.05, 0) is 41.8 Å². The molecule has 1 unspecified atom stereocenters. The third-order valence-corrected chi connectivity index (χ3v) is 6.16. The van der Waals surface area contributed by atoms with Crippen LogP contribution < -0.4 is 15.4 Å². The highest BCUT2D eigenvalue weighted by atomic mass is 35.5. The van der Waals surface area contributed by atoms with Crippen molar-refractivity contribution in [2.45, 2.75) is 6.61 Å². The van der Waals surface area contributed by atoms with Gasteiger partial charge in [-0.15, -0.1) is 0 Å². The number of hydrogen-bond donors (Lipinski definition) is 2. The largest absolute Gasteiger partial charge is 0.487 e. The Hall–Kier alpha value is -4.58. The molecule has 2 N–H and O–H groups in total. The maximum Gasteiger partial charge on any atom is 0.207 e. The number of aromatic nitrogens is 4. The van der Waals surface area contributed by atoms with Gasteiger partial charge in [0, 0.05) is 41.2 Å². The van der Waals surface area contributed by atoms with E-state index in [1.54, 1.807) is 42.8 Å². The van der Waals surface area contributed by atoms with Crippen LogP contribution in [0.1, 0.15) is 22.5 Å². The Bertz CT molecular complexity index is 1620. The number of nitrogens with one attached hydrogen (secondary N) is 2. The molecule has 2 aromatic carbocycles. The van der Waals surface area contributed by atoms with E-state index >= 15 is 0 Å². The minimum atomic E-state index is -0.980. The highest BCUT2D eigenvalue weighted by Crippen LogP contribution is 2.30. The van der Waals surface area contributed by atoms with Gasteiger partial charge in [-0.25, -0.2) is 24.3 Å². The fraction of sp³-hybridized carbons (Fsp3) is 0.148. The Morgan fingerprint density at radius 2 is 1.97 bits per heavy atom. The molecule has 1 atom stereocenters. The lowest BCUT2D eigenvalue weighted by Crippen LogP contribution is -2.12. The average Bonchev–Trinajstić information content (AvgIpc) is 2.92. The normalized spacial score (nSPS) is 11.0. The predicted molar refractivity (Wildman–Crippen MR) is 148 cm³/mol. The maximum atomic E-state index is 13.4. The molecule has 0 saturated heterocycles. The van der Waals surface area contributed by atoms with E-state index in [4.69, 9.17) is 16.3 Å². The van der Waals surface area contributed by atoms with Gasteiger partial charge in [0.1, 0.15) is 47.8 Å². The van der Waals surface area contributed by atoms with Gasteiger partial charge in [0.15, 0.2) is 0 Å². The van der Waals surface area contributed by atoms with E-state index in [-0.39, 0.29) is 23.8 Å². The lowest BCUT2D eigenvalue weighted by atomic mass is 10.2. The van der Waals surface area contributed by atoms with Crippen LogP contribution in [0.25, 0.3) is 0 Å². The molecule has 2 aromatic heterocycles. The SMILES string of the molecule is CS(=O)CCNc1nc(C#Cc2cncnc2Nc2ccc(OCc3cccc(F)c3)c(Cl)c2)ncc1C#N. The van der Waals surface area contributed by atoms with Gasteiger partial charge in [0.25, 0.3) is 0 Å². The van der Waals surface area contributed by atoms with E-state index in [2.05, 4.69) is 42.4 Å². The lowest BCUT2D eigenvalue weighted by molar-refractivity contribution is 0.306. The molecule has 0 aliphatic carbocycles. The van der Waals surface area contributed by atoms with Crippen LogP contribution in [0.4, 0.5) is 21.7 Å². The Balaban J connectivity index is 1.48. The number of halogens is 2. The fourth-order valence-corrected chi connectivity index (χ4v) is 3.86. The summed E-state index contributed by atoms with van der Waals surface area (Å²) in [5.74, 6) is 7.27. The summed E-state index contributed by atoms with van der Waals surface area (Å²) < 4.78 is 30.4. The van der Waals surface area contributed by atoms with Gasteiger partial charge in [-0.2, -0.15) is 5.26 Å². The van der Waals surface area contributed by atoms with E-state index in [1.807, 2.05) is 6.07 Å². The molecule has 9 nitrogen and oxygen atoms in total. The van der Waals surface area contributed by atoms with Crippen molar-refractivity contribution in [2.75, 3.05) is 29.2 Å². The number of nitrogens with zero attached hydrogens (tertiary/aromatic N) is 5. The monoisotopic (exact) mass is 561 g/mol. The van der Waals surface area contributed by atoms with Crippen molar-refractivity contribution in [3.05, 3.63) is 94.5 Å². The van der Waals surface area contributed by atoms with Crippen LogP contribution in [-0.4, -0.2) is 42.7 Å². The maximum absolute atomic E-state index is 13.4. The van der Waals surface area contributed by atoms with Crippen LogP contribution in [-0.2, 0) is 17.4 Å². The average molecular weight is 562 g/mol. The van der Waals surface area contributed by atoms with Crippen LogP contribution in [0.15, 0.2) is 61.2 Å². The third kappa shape index (κ3) is 7.95. The Morgan fingerprint density at radius 1 is 1.10 bits per heavy atom. The quantitative estimate of drug-likeness (QED) is 0.285. The Labute approximate surface area is 231 Å². The molecule has 4 aromatic rings. The van der Waals surface area contributed by atoms with E-state index in [9.17, 15) is 13.9 Å². The second kappa shape index (κ2) is 13.3. The highest BCUT2D eigenvalue weighted by molar-refractivity contribution is 7.84. The third-order valence-electron chi connectivity index (χ3n) is 5.09. The molecule has 12 heteroatoms. The van der Waals surface area contributed by atoms with Crippen LogP contribution in [0.3, 0.4) is 0 Å². The first kappa shape index (κ1) is 27.5. The smallest absolute Gasteiger partial charge is 0.207 e. The Morgan fingerprint density at radius 3 is 2.74 bits per heavy atom. The minimum absolute atomic E-state index is 0.169. The summed E-state index contributed by atoms with van der Waals surface area (Å²) in [6.45, 7) is 0.558. The molecule has 0 aliphatic rings. The molecular formula is C27H21ClFN7O2S. The summed E-state index contributed by atoms with van der Waals surface area (Å²) in [7, 11) is -0.980. The van der Waals surface area contributed by atoms with Crippen molar-refractivity contribution in [3.63, 3.8) is 0 Å². The van der Waals surface area contributed by atoms with Crippen molar-refractivity contribution >= 4 is 39.7 Å². The Kier molecular flexibility index (Phi) is 9.35. The van der Waals surface area contributed by atoms with Gasteiger partial charge in [-0.1, -0.05) is 29.7 Å². The second-order valence-corrected chi connectivity index (χ2v) is 9.96. The van der Waals surface area contributed by atoms with Crippen LogP contribution in [0, 0.1) is 29.0 Å². The fourth-order valence-electron chi connectivity index (χ4n) is 3.24. The molecule has 39 heavy (non-hydrogen) atoms. The molecule has 2 heterocycles. The van der Waals surface area contributed by atoms with Gasteiger partial charge >= 0.3 is 0 Å². The summed E-state index contributed by atoms with van der Waals surface area (Å²) in [6, 6.07) is 13.3. The van der Waals surface area contributed by atoms with Crippen LogP contribution in [0.5, 0.6) is 5.75 Å². The molecule has 0 spiro atoms. The number of nitriles is 1. The summed E-state index contributed by atoms with van der Waals surface area (Å²) in [5, 5.41) is 15.8. The molecular weight excluding hydrogens is 541 g/mol. The zero-order chi connectivity index (χ0) is 27.6. The standard InChI is InChI=1S/C27H21ClFN7O2S/c1-39(37)10-9-32-27-20(13-30)15-33-25(36-27)8-5-19-14-31-17-34-26(19)35-22-6-7-24(23(28)12-22)38-16-18-3-2-4-21(29)11-18/h2-4,6-7,11-12,14-15,17H,9-10,16H2,1H3,(H,31,34,35)(H,32,33,36). The summed E-state index contributed by atoms with van der Waals surface area (Å²) in [4.78, 5) is 16.7. The zero-order valence-electron chi connectivity index (χ0n) is 20.6. The summed E-state index contributed by atoms with van der Waals surface area (Å²) in [6.07, 6.45) is 5.90. The summed E-state index contributed by atoms with van der Waals surface area (Å²) in [5.41, 5.74) is 2.05. The van der Waals surface area contributed by atoms with Crippen molar-refractivity contribution < 1.29 is 13.3 Å². The summed E-state index contributed by atoms with van der Waals surface area (Å²) >= 11 is 6.40. The van der Waals surface area contributed by atoms with Gasteiger partial charge in [0.05, 0.1) is 16.8 Å². The molecule has 0 amide bonds. The molecule has 196 valence electrons. The highest BCUT2D eigenvalue weighted by Gasteiger charge is 2.09. The predicted octanol–water partition coefficient (Wildman–Crippen LogP) is 4.44. The first-order valence-corrected chi connectivity index (χ1v) is 13.6.